The van der Waals surface area contributed by atoms with Crippen LogP contribution < -0.4 is 5.32 Å². The molecule has 4 heteroatoms. The van der Waals surface area contributed by atoms with Gasteiger partial charge in [-0.25, -0.2) is 4.39 Å². The topological polar surface area (TPSA) is 49.3 Å². The van der Waals surface area contributed by atoms with E-state index in [-0.39, 0.29) is 12.3 Å². The van der Waals surface area contributed by atoms with Crippen LogP contribution in [0.3, 0.4) is 0 Å². The van der Waals surface area contributed by atoms with E-state index in [2.05, 4.69) is 5.32 Å². The van der Waals surface area contributed by atoms with E-state index in [1.807, 2.05) is 0 Å². The summed E-state index contributed by atoms with van der Waals surface area (Å²) in [6.07, 6.45) is -0.592. The summed E-state index contributed by atoms with van der Waals surface area (Å²) in [6, 6.07) is 2.56. The number of carbonyl (C=O) groups is 1. The molecule has 1 amide bonds. The van der Waals surface area contributed by atoms with Crippen LogP contribution in [0.4, 0.5) is 10.1 Å². The van der Waals surface area contributed by atoms with Gasteiger partial charge in [-0.3, -0.25) is 4.79 Å². The van der Waals surface area contributed by atoms with E-state index < -0.39 is 11.9 Å². The number of anilines is 1. The molecule has 74 valence electrons. The number of halogens is 1. The fourth-order valence-electron chi connectivity index (χ4n) is 1.66. The first-order valence-electron chi connectivity index (χ1n) is 4.38. The zero-order valence-electron chi connectivity index (χ0n) is 7.67. The van der Waals surface area contributed by atoms with Crippen molar-refractivity contribution in [1.82, 2.24) is 0 Å². The lowest BCUT2D eigenvalue weighted by Crippen LogP contribution is -2.05. The largest absolute Gasteiger partial charge is 0.389 e. The lowest BCUT2D eigenvalue weighted by atomic mass is 10.0. The predicted octanol–water partition coefficient (Wildman–Crippen LogP) is 1.37. The van der Waals surface area contributed by atoms with Gasteiger partial charge in [-0.05, 0) is 24.6 Å². The zero-order chi connectivity index (χ0) is 10.3. The molecule has 0 saturated heterocycles. The first kappa shape index (κ1) is 9.15. The van der Waals surface area contributed by atoms with Crippen LogP contribution in [-0.2, 0) is 11.2 Å². The molecule has 3 nitrogen and oxygen atoms in total. The third-order valence-electron chi connectivity index (χ3n) is 2.28. The van der Waals surface area contributed by atoms with Gasteiger partial charge in [-0.2, -0.15) is 0 Å². The van der Waals surface area contributed by atoms with E-state index in [1.54, 1.807) is 6.92 Å². The molecule has 0 aliphatic carbocycles. The second kappa shape index (κ2) is 3.06. The monoisotopic (exact) mass is 195 g/mol. The van der Waals surface area contributed by atoms with Crippen molar-refractivity contribution in [2.75, 3.05) is 5.32 Å². The smallest absolute Gasteiger partial charge is 0.228 e. The Bertz CT molecular complexity index is 401. The Labute approximate surface area is 80.6 Å². The summed E-state index contributed by atoms with van der Waals surface area (Å²) in [5.74, 6) is -0.580. The second-order valence-electron chi connectivity index (χ2n) is 3.43. The molecule has 0 aromatic heterocycles. The molecule has 1 atom stereocenters. The summed E-state index contributed by atoms with van der Waals surface area (Å²) in [5.41, 5.74) is 1.61. The number of amides is 1. The summed E-state index contributed by atoms with van der Waals surface area (Å²) >= 11 is 0. The molecule has 2 rings (SSSR count). The standard InChI is InChI=1S/C10H10FNO2/c1-5(13)8-4-7(11)2-6-3-9(14)12-10(6)8/h2,4-5,13H,3H2,1H3,(H,12,14). The van der Waals surface area contributed by atoms with Gasteiger partial charge in [0.05, 0.1) is 18.2 Å². The molecule has 1 aromatic carbocycles. The Hall–Kier alpha value is -1.42. The maximum atomic E-state index is 13.1. The summed E-state index contributed by atoms with van der Waals surface area (Å²) in [7, 11) is 0. The highest BCUT2D eigenvalue weighted by atomic mass is 19.1. The summed E-state index contributed by atoms with van der Waals surface area (Å²) in [4.78, 5) is 11.1. The van der Waals surface area contributed by atoms with Crippen molar-refractivity contribution in [3.05, 3.63) is 29.1 Å². The lowest BCUT2D eigenvalue weighted by Gasteiger charge is -2.10. The average molecular weight is 195 g/mol. The second-order valence-corrected chi connectivity index (χ2v) is 3.43. The first-order chi connectivity index (χ1) is 6.58. The first-order valence-corrected chi connectivity index (χ1v) is 4.38. The molecule has 1 unspecified atom stereocenters. The Kier molecular flexibility index (Phi) is 2.00. The molecular formula is C10H10FNO2. The molecule has 1 aromatic rings. The van der Waals surface area contributed by atoms with E-state index in [4.69, 9.17) is 0 Å². The number of aliphatic hydroxyl groups excluding tert-OH is 1. The molecule has 2 N–H and O–H groups in total. The third-order valence-corrected chi connectivity index (χ3v) is 2.28. The number of benzene rings is 1. The van der Waals surface area contributed by atoms with Gasteiger partial charge in [0.1, 0.15) is 5.82 Å². The molecular weight excluding hydrogens is 185 g/mol. The highest BCUT2D eigenvalue weighted by molar-refractivity contribution is 6.00. The SMILES string of the molecule is CC(O)c1cc(F)cc2c1NC(=O)C2. The fourth-order valence-corrected chi connectivity index (χ4v) is 1.66. The predicted molar refractivity (Wildman–Crippen MR) is 49.4 cm³/mol. The average Bonchev–Trinajstić information content (AvgIpc) is 2.42. The van der Waals surface area contributed by atoms with Crippen LogP contribution in [0.5, 0.6) is 0 Å². The van der Waals surface area contributed by atoms with Gasteiger partial charge in [0, 0.05) is 5.56 Å². The maximum absolute atomic E-state index is 13.1. The van der Waals surface area contributed by atoms with E-state index >= 15 is 0 Å². The van der Waals surface area contributed by atoms with Crippen LogP contribution in [0.15, 0.2) is 12.1 Å². The van der Waals surface area contributed by atoms with Gasteiger partial charge in [-0.15, -0.1) is 0 Å². The number of carbonyl (C=O) groups excluding carboxylic acids is 1. The van der Waals surface area contributed by atoms with Crippen molar-refractivity contribution >= 4 is 11.6 Å². The van der Waals surface area contributed by atoms with Crippen LogP contribution in [0.2, 0.25) is 0 Å². The van der Waals surface area contributed by atoms with Crippen LogP contribution in [-0.4, -0.2) is 11.0 Å². The molecule has 0 saturated carbocycles. The van der Waals surface area contributed by atoms with Gasteiger partial charge in [0.25, 0.3) is 0 Å². The molecule has 1 aliphatic rings. The summed E-state index contributed by atoms with van der Waals surface area (Å²) in [5, 5.41) is 12.0. The molecule has 1 heterocycles. The number of rotatable bonds is 1. The van der Waals surface area contributed by atoms with Crippen LogP contribution >= 0.6 is 0 Å². The van der Waals surface area contributed by atoms with Crippen molar-refractivity contribution in [1.29, 1.82) is 0 Å². The Morgan fingerprint density at radius 3 is 2.93 bits per heavy atom. The van der Waals surface area contributed by atoms with E-state index in [9.17, 15) is 14.3 Å². The minimum Gasteiger partial charge on any atom is -0.389 e. The van der Waals surface area contributed by atoms with Gasteiger partial charge in [0.2, 0.25) is 5.91 Å². The zero-order valence-corrected chi connectivity index (χ0v) is 7.67. The molecule has 0 bridgehead atoms. The van der Waals surface area contributed by atoms with Gasteiger partial charge >= 0.3 is 0 Å². The van der Waals surface area contributed by atoms with Crippen LogP contribution in [0, 0.1) is 5.82 Å². The fraction of sp³-hybridized carbons (Fsp3) is 0.300. The lowest BCUT2D eigenvalue weighted by molar-refractivity contribution is -0.115. The van der Waals surface area contributed by atoms with Crippen molar-refractivity contribution < 1.29 is 14.3 Å². The van der Waals surface area contributed by atoms with Crippen molar-refractivity contribution in [3.8, 4) is 0 Å². The normalized spacial score (nSPS) is 16.4. The Balaban J connectivity index is 2.57. The number of hydrogen-bond donors (Lipinski definition) is 2. The molecule has 1 aliphatic heterocycles. The summed E-state index contributed by atoms with van der Waals surface area (Å²) < 4.78 is 13.1. The third kappa shape index (κ3) is 1.37. The molecule has 0 fully saturated rings. The van der Waals surface area contributed by atoms with Gasteiger partial charge < -0.3 is 10.4 Å². The molecule has 0 radical (unpaired) electrons. The number of nitrogens with one attached hydrogen (secondary N) is 1. The van der Waals surface area contributed by atoms with E-state index in [0.29, 0.717) is 16.8 Å². The Morgan fingerprint density at radius 2 is 2.29 bits per heavy atom. The molecule has 14 heavy (non-hydrogen) atoms. The van der Waals surface area contributed by atoms with E-state index in [0.717, 1.165) is 0 Å². The van der Waals surface area contributed by atoms with Gasteiger partial charge in [0.15, 0.2) is 0 Å². The minimum atomic E-state index is -0.780. The highest BCUT2D eigenvalue weighted by Gasteiger charge is 2.23. The molecule has 0 spiro atoms. The van der Waals surface area contributed by atoms with Gasteiger partial charge in [-0.1, -0.05) is 0 Å². The number of fused-ring (bicyclic) bond motifs is 1. The number of aliphatic hydroxyl groups is 1. The Morgan fingerprint density at radius 1 is 1.57 bits per heavy atom. The van der Waals surface area contributed by atoms with E-state index in [1.165, 1.54) is 12.1 Å². The summed E-state index contributed by atoms with van der Waals surface area (Å²) in [6.45, 7) is 1.54. The van der Waals surface area contributed by atoms with Crippen LogP contribution in [0.25, 0.3) is 0 Å². The number of hydrogen-bond acceptors (Lipinski definition) is 2. The minimum absolute atomic E-state index is 0.160. The van der Waals surface area contributed by atoms with Crippen molar-refractivity contribution in [3.63, 3.8) is 0 Å². The van der Waals surface area contributed by atoms with Crippen molar-refractivity contribution in [2.24, 2.45) is 0 Å². The van der Waals surface area contributed by atoms with Crippen molar-refractivity contribution in [2.45, 2.75) is 19.4 Å². The van der Waals surface area contributed by atoms with Crippen LogP contribution in [0.1, 0.15) is 24.2 Å². The quantitative estimate of drug-likeness (QED) is 0.711. The highest BCUT2D eigenvalue weighted by Crippen LogP contribution is 2.32. The maximum Gasteiger partial charge on any atom is 0.228 e.